The number of nitrogens with one attached hydrogen (secondary N) is 1. The highest BCUT2D eigenvalue weighted by Crippen LogP contribution is 2.42. The van der Waals surface area contributed by atoms with Crippen LogP contribution in [0.15, 0.2) is 58.3 Å². The number of aryl methyl sites for hydroxylation is 2. The second kappa shape index (κ2) is 7.21. The van der Waals surface area contributed by atoms with Gasteiger partial charge in [-0.2, -0.15) is 11.3 Å². The Morgan fingerprint density at radius 3 is 2.93 bits per heavy atom. The summed E-state index contributed by atoms with van der Waals surface area (Å²) < 4.78 is 20.6. The molecular formula is C20H15N3O2S3. The van der Waals surface area contributed by atoms with Crippen LogP contribution in [0.1, 0.15) is 10.4 Å². The molecule has 0 saturated carbocycles. The normalized spacial score (nSPS) is 13.6. The van der Waals surface area contributed by atoms with Gasteiger partial charge in [-0.25, -0.2) is 14.2 Å². The monoisotopic (exact) mass is 425 g/mol. The SMILES string of the molecule is O=S(O)c1cccc(Nc2ncc3c(n2)-c2cc(-c4ccsc4)sc2CC3)c1. The minimum atomic E-state index is -2.02. The zero-order valence-electron chi connectivity index (χ0n) is 14.6. The first-order valence-corrected chi connectivity index (χ1v) is 11.5. The van der Waals surface area contributed by atoms with Crippen molar-refractivity contribution in [1.82, 2.24) is 9.97 Å². The third-order valence-corrected chi connectivity index (χ3v) is 7.23. The number of fused-ring (bicyclic) bond motifs is 3. The average molecular weight is 426 g/mol. The Hall–Kier alpha value is -2.39. The van der Waals surface area contributed by atoms with Crippen LogP contribution in [0.25, 0.3) is 21.7 Å². The Bertz CT molecular complexity index is 1190. The lowest BCUT2D eigenvalue weighted by molar-refractivity contribution is 0.564. The zero-order chi connectivity index (χ0) is 19.1. The van der Waals surface area contributed by atoms with E-state index in [2.05, 4.69) is 33.2 Å². The summed E-state index contributed by atoms with van der Waals surface area (Å²) in [4.78, 5) is 12.2. The lowest BCUT2D eigenvalue weighted by atomic mass is 9.96. The molecule has 0 fully saturated rings. The van der Waals surface area contributed by atoms with Gasteiger partial charge in [0.05, 0.1) is 10.6 Å². The lowest BCUT2D eigenvalue weighted by Gasteiger charge is -2.16. The molecule has 1 unspecified atom stereocenters. The molecule has 140 valence electrons. The standard InChI is InChI=1S/C20H15N3O2S3/c24-28(25)15-3-1-2-14(8-15)22-20-21-10-12-4-5-17-16(19(12)23-20)9-18(27-17)13-6-7-26-11-13/h1-3,6-11H,4-5H2,(H,24,25)(H,21,22,23). The third kappa shape index (κ3) is 3.29. The van der Waals surface area contributed by atoms with Gasteiger partial charge in [0.1, 0.15) is 0 Å². The quantitative estimate of drug-likeness (QED) is 0.431. The molecule has 0 saturated heterocycles. The molecule has 0 aliphatic heterocycles. The average Bonchev–Trinajstić information content (AvgIpc) is 3.37. The van der Waals surface area contributed by atoms with E-state index in [1.165, 1.54) is 20.9 Å². The Morgan fingerprint density at radius 2 is 2.11 bits per heavy atom. The van der Waals surface area contributed by atoms with Gasteiger partial charge in [-0.1, -0.05) is 6.07 Å². The molecule has 2 N–H and O–H groups in total. The fraction of sp³-hybridized carbons (Fsp3) is 0.100. The highest BCUT2D eigenvalue weighted by molar-refractivity contribution is 7.79. The second-order valence-electron chi connectivity index (χ2n) is 6.43. The van der Waals surface area contributed by atoms with Crippen LogP contribution < -0.4 is 5.32 Å². The highest BCUT2D eigenvalue weighted by atomic mass is 32.2. The first kappa shape index (κ1) is 17.7. The van der Waals surface area contributed by atoms with E-state index in [1.807, 2.05) is 23.6 Å². The lowest BCUT2D eigenvalue weighted by Crippen LogP contribution is -2.07. The van der Waals surface area contributed by atoms with Gasteiger partial charge in [0, 0.05) is 32.8 Å². The van der Waals surface area contributed by atoms with E-state index in [4.69, 9.17) is 4.98 Å². The van der Waals surface area contributed by atoms with Gasteiger partial charge in [-0.15, -0.1) is 11.3 Å². The molecular weight excluding hydrogens is 410 g/mol. The zero-order valence-corrected chi connectivity index (χ0v) is 17.0. The van der Waals surface area contributed by atoms with Crippen LogP contribution in [0, 0.1) is 0 Å². The maximum atomic E-state index is 11.3. The molecule has 0 spiro atoms. The van der Waals surface area contributed by atoms with Gasteiger partial charge in [-0.05, 0) is 59.5 Å². The molecule has 3 heterocycles. The Balaban J connectivity index is 1.50. The molecule has 0 bridgehead atoms. The second-order valence-corrected chi connectivity index (χ2v) is 9.32. The molecule has 1 aliphatic carbocycles. The predicted octanol–water partition coefficient (Wildman–Crippen LogP) is 5.36. The molecule has 5 rings (SSSR count). The molecule has 8 heteroatoms. The number of anilines is 2. The van der Waals surface area contributed by atoms with Crippen molar-refractivity contribution in [1.29, 1.82) is 0 Å². The van der Waals surface area contributed by atoms with Crippen LogP contribution in [0.5, 0.6) is 0 Å². The number of thiophene rings is 2. The summed E-state index contributed by atoms with van der Waals surface area (Å²) in [6.45, 7) is 0. The number of rotatable bonds is 4. The van der Waals surface area contributed by atoms with Gasteiger partial charge in [-0.3, -0.25) is 0 Å². The number of benzene rings is 1. The van der Waals surface area contributed by atoms with Gasteiger partial charge in [0.15, 0.2) is 11.1 Å². The Labute approximate surface area is 172 Å². The van der Waals surface area contributed by atoms with E-state index in [1.54, 1.807) is 29.5 Å². The van der Waals surface area contributed by atoms with Crippen LogP contribution in [-0.4, -0.2) is 18.7 Å². The van der Waals surface area contributed by atoms with Crippen LogP contribution >= 0.6 is 22.7 Å². The minimum Gasteiger partial charge on any atom is -0.324 e. The first-order chi connectivity index (χ1) is 13.7. The molecule has 3 aromatic heterocycles. The minimum absolute atomic E-state index is 0.337. The molecule has 28 heavy (non-hydrogen) atoms. The molecule has 4 aromatic rings. The summed E-state index contributed by atoms with van der Waals surface area (Å²) in [5.41, 5.74) is 5.24. The van der Waals surface area contributed by atoms with Crippen LogP contribution in [0.2, 0.25) is 0 Å². The van der Waals surface area contributed by atoms with Gasteiger partial charge in [0.2, 0.25) is 5.95 Å². The van der Waals surface area contributed by atoms with Crippen molar-refractivity contribution in [2.24, 2.45) is 0 Å². The fourth-order valence-corrected chi connectivity index (χ4v) is 5.61. The van der Waals surface area contributed by atoms with Gasteiger partial charge < -0.3 is 9.87 Å². The number of nitrogens with zero attached hydrogens (tertiary/aromatic N) is 2. The van der Waals surface area contributed by atoms with Crippen LogP contribution in [-0.2, 0) is 23.9 Å². The summed E-state index contributed by atoms with van der Waals surface area (Å²) >= 11 is 1.52. The van der Waals surface area contributed by atoms with Crippen molar-refractivity contribution in [2.45, 2.75) is 17.7 Å². The van der Waals surface area contributed by atoms with E-state index in [0.717, 1.165) is 24.1 Å². The highest BCUT2D eigenvalue weighted by Gasteiger charge is 2.22. The van der Waals surface area contributed by atoms with Crippen LogP contribution in [0.3, 0.4) is 0 Å². The van der Waals surface area contributed by atoms with E-state index in [0.29, 0.717) is 16.5 Å². The summed E-state index contributed by atoms with van der Waals surface area (Å²) in [5.74, 6) is 0.482. The van der Waals surface area contributed by atoms with Crippen molar-refractivity contribution in [3.05, 3.63) is 63.8 Å². The van der Waals surface area contributed by atoms with Crippen molar-refractivity contribution in [2.75, 3.05) is 5.32 Å². The van der Waals surface area contributed by atoms with Crippen molar-refractivity contribution in [3.8, 4) is 21.7 Å². The topological polar surface area (TPSA) is 75.1 Å². The van der Waals surface area contributed by atoms with Gasteiger partial charge in [0.25, 0.3) is 0 Å². The van der Waals surface area contributed by atoms with E-state index < -0.39 is 11.1 Å². The molecule has 0 amide bonds. The van der Waals surface area contributed by atoms with Crippen LogP contribution in [0.4, 0.5) is 11.6 Å². The van der Waals surface area contributed by atoms with Gasteiger partial charge >= 0.3 is 0 Å². The molecule has 1 atom stereocenters. The van der Waals surface area contributed by atoms with E-state index in [9.17, 15) is 8.76 Å². The summed E-state index contributed by atoms with van der Waals surface area (Å²) in [7, 11) is 0. The Morgan fingerprint density at radius 1 is 1.18 bits per heavy atom. The predicted molar refractivity (Wildman–Crippen MR) is 115 cm³/mol. The van der Waals surface area contributed by atoms with Crippen molar-refractivity contribution in [3.63, 3.8) is 0 Å². The summed E-state index contributed by atoms with van der Waals surface area (Å²) in [6.07, 6.45) is 3.83. The van der Waals surface area contributed by atoms with E-state index in [-0.39, 0.29) is 0 Å². The smallest absolute Gasteiger partial charge is 0.227 e. The van der Waals surface area contributed by atoms with Crippen molar-refractivity contribution < 1.29 is 8.76 Å². The third-order valence-electron chi connectivity index (χ3n) is 4.65. The first-order valence-electron chi connectivity index (χ1n) is 8.67. The summed E-state index contributed by atoms with van der Waals surface area (Å²) in [5, 5.41) is 7.42. The Kier molecular flexibility index (Phi) is 4.56. The summed E-state index contributed by atoms with van der Waals surface area (Å²) in [6, 6.07) is 11.2. The van der Waals surface area contributed by atoms with Crippen molar-refractivity contribution >= 4 is 45.4 Å². The molecule has 5 nitrogen and oxygen atoms in total. The maximum absolute atomic E-state index is 11.3. The molecule has 1 aliphatic rings. The number of hydrogen-bond acceptors (Lipinski definition) is 6. The fourth-order valence-electron chi connectivity index (χ4n) is 3.30. The number of hydrogen-bond donors (Lipinski definition) is 2. The maximum Gasteiger partial charge on any atom is 0.227 e. The molecule has 1 aromatic carbocycles. The molecule has 0 radical (unpaired) electrons. The van der Waals surface area contributed by atoms with E-state index >= 15 is 0 Å². The largest absolute Gasteiger partial charge is 0.324 e. The number of aromatic nitrogens is 2.